The van der Waals surface area contributed by atoms with Crippen molar-refractivity contribution in [1.29, 1.82) is 0 Å². The Morgan fingerprint density at radius 3 is 2.67 bits per heavy atom. The number of rotatable bonds is 10. The summed E-state index contributed by atoms with van der Waals surface area (Å²) in [7, 11) is 1.73. The van der Waals surface area contributed by atoms with Gasteiger partial charge in [-0.3, -0.25) is 19.7 Å². The van der Waals surface area contributed by atoms with E-state index in [1.807, 2.05) is 43.3 Å². The van der Waals surface area contributed by atoms with Gasteiger partial charge < -0.3 is 10.4 Å². The number of likely N-dealkylation sites (N-methyl/N-ethyl adjacent to an activating group) is 1. The van der Waals surface area contributed by atoms with Gasteiger partial charge >= 0.3 is 0 Å². The molecule has 0 saturated heterocycles. The quantitative estimate of drug-likeness (QED) is 0.466. The Hall–Kier alpha value is -3.09. The van der Waals surface area contributed by atoms with Crippen LogP contribution in [-0.4, -0.2) is 53.9 Å². The molecule has 0 bridgehead atoms. The van der Waals surface area contributed by atoms with Gasteiger partial charge in [0.25, 0.3) is 0 Å². The third-order valence-corrected chi connectivity index (χ3v) is 4.65. The summed E-state index contributed by atoms with van der Waals surface area (Å²) in [5.41, 5.74) is 4.65. The molecule has 0 aliphatic carbocycles. The Morgan fingerprint density at radius 2 is 2.03 bits per heavy atom. The topological polar surface area (TPSA) is 77.8 Å². The molecule has 0 unspecified atom stereocenters. The van der Waals surface area contributed by atoms with Gasteiger partial charge in [-0.1, -0.05) is 25.1 Å². The highest BCUT2D eigenvalue weighted by Crippen LogP contribution is 2.18. The predicted octanol–water partition coefficient (Wildman–Crippen LogP) is 3.65. The van der Waals surface area contributed by atoms with Crippen LogP contribution >= 0.6 is 0 Å². The van der Waals surface area contributed by atoms with Crippen molar-refractivity contribution in [3.8, 4) is 0 Å². The number of pyridine rings is 1. The van der Waals surface area contributed by atoms with Crippen molar-refractivity contribution in [2.24, 2.45) is 4.99 Å². The van der Waals surface area contributed by atoms with Crippen molar-refractivity contribution < 1.29 is 9.90 Å². The lowest BCUT2D eigenvalue weighted by atomic mass is 10.0. The second kappa shape index (κ2) is 12.5. The predicted molar refractivity (Wildman–Crippen MR) is 124 cm³/mol. The van der Waals surface area contributed by atoms with Gasteiger partial charge in [0.2, 0.25) is 5.91 Å². The van der Waals surface area contributed by atoms with Gasteiger partial charge in [-0.2, -0.15) is 0 Å². The lowest BCUT2D eigenvalue weighted by molar-refractivity contribution is -0.111. The zero-order valence-corrected chi connectivity index (χ0v) is 17.9. The van der Waals surface area contributed by atoms with E-state index in [1.54, 1.807) is 31.7 Å². The third-order valence-electron chi connectivity index (χ3n) is 4.65. The van der Waals surface area contributed by atoms with Crippen molar-refractivity contribution >= 4 is 29.5 Å². The van der Waals surface area contributed by atoms with Crippen LogP contribution in [0.3, 0.4) is 0 Å². The average molecular weight is 407 g/mol. The molecule has 6 nitrogen and oxygen atoms in total. The molecule has 0 aliphatic rings. The summed E-state index contributed by atoms with van der Waals surface area (Å²) < 4.78 is 0. The smallest absolute Gasteiger partial charge is 0.248 e. The fourth-order valence-corrected chi connectivity index (χ4v) is 3.03. The first kappa shape index (κ1) is 23.2. The molecule has 0 atom stereocenters. The lowest BCUT2D eigenvalue weighted by Crippen LogP contribution is -2.26. The Bertz CT molecular complexity index is 902. The summed E-state index contributed by atoms with van der Waals surface area (Å²) >= 11 is 0. The highest BCUT2D eigenvalue weighted by Gasteiger charge is 2.06. The van der Waals surface area contributed by atoms with E-state index in [9.17, 15) is 4.79 Å². The van der Waals surface area contributed by atoms with E-state index in [2.05, 4.69) is 27.1 Å². The number of amides is 1. The van der Waals surface area contributed by atoms with Crippen LogP contribution in [0.5, 0.6) is 0 Å². The molecule has 0 saturated carbocycles. The van der Waals surface area contributed by atoms with Crippen molar-refractivity contribution in [3.05, 3.63) is 71.6 Å². The molecule has 0 spiro atoms. The van der Waals surface area contributed by atoms with Crippen molar-refractivity contribution in [2.75, 3.05) is 32.1 Å². The van der Waals surface area contributed by atoms with Crippen LogP contribution in [0.25, 0.3) is 11.6 Å². The van der Waals surface area contributed by atoms with Crippen LogP contribution in [0, 0.1) is 0 Å². The maximum absolute atomic E-state index is 12.4. The average Bonchev–Trinajstić information content (AvgIpc) is 2.77. The first-order chi connectivity index (χ1) is 14.6. The van der Waals surface area contributed by atoms with Crippen LogP contribution < -0.4 is 5.32 Å². The maximum atomic E-state index is 12.4. The summed E-state index contributed by atoms with van der Waals surface area (Å²) in [6.45, 7) is 6.45. The van der Waals surface area contributed by atoms with Gasteiger partial charge in [0.15, 0.2) is 0 Å². The van der Waals surface area contributed by atoms with E-state index < -0.39 is 0 Å². The van der Waals surface area contributed by atoms with Crippen LogP contribution in [0.4, 0.5) is 5.69 Å². The molecule has 0 radical (unpaired) electrons. The Labute approximate surface area is 178 Å². The minimum Gasteiger partial charge on any atom is -0.395 e. The number of aliphatic imine (C=N–C) groups is 1. The SMILES string of the molecule is C/C=C(\C=N/C)c1ccncc1/C=C/C(=O)Nc1ccc(CN(CC)CCO)cc1. The van der Waals surface area contributed by atoms with Crippen LogP contribution in [0.2, 0.25) is 0 Å². The van der Waals surface area contributed by atoms with E-state index in [0.29, 0.717) is 6.54 Å². The Kier molecular flexibility index (Phi) is 9.64. The molecule has 0 aliphatic heterocycles. The summed E-state index contributed by atoms with van der Waals surface area (Å²) in [5.74, 6) is -0.209. The second-order valence-electron chi connectivity index (χ2n) is 6.71. The highest BCUT2D eigenvalue weighted by molar-refractivity contribution is 6.11. The van der Waals surface area contributed by atoms with E-state index >= 15 is 0 Å². The first-order valence-electron chi connectivity index (χ1n) is 10.0. The van der Waals surface area contributed by atoms with Crippen molar-refractivity contribution in [1.82, 2.24) is 9.88 Å². The first-order valence-corrected chi connectivity index (χ1v) is 10.0. The largest absolute Gasteiger partial charge is 0.395 e. The van der Waals surface area contributed by atoms with Gasteiger partial charge in [0, 0.05) is 56.1 Å². The lowest BCUT2D eigenvalue weighted by Gasteiger charge is -2.19. The number of aromatic nitrogens is 1. The van der Waals surface area contributed by atoms with Gasteiger partial charge in [-0.25, -0.2) is 0 Å². The number of nitrogens with one attached hydrogen (secondary N) is 1. The van der Waals surface area contributed by atoms with Gasteiger partial charge in [-0.05, 0) is 54.4 Å². The van der Waals surface area contributed by atoms with E-state index in [1.165, 1.54) is 6.08 Å². The monoisotopic (exact) mass is 406 g/mol. The molecule has 1 aromatic heterocycles. The van der Waals surface area contributed by atoms with E-state index in [4.69, 9.17) is 5.11 Å². The summed E-state index contributed by atoms with van der Waals surface area (Å²) in [6.07, 6.45) is 10.5. The zero-order valence-electron chi connectivity index (χ0n) is 17.9. The van der Waals surface area contributed by atoms with E-state index in [0.717, 1.165) is 41.0 Å². The number of aliphatic hydroxyl groups is 1. The molecule has 2 rings (SSSR count). The minimum atomic E-state index is -0.209. The number of hydrogen-bond donors (Lipinski definition) is 2. The van der Waals surface area contributed by atoms with Gasteiger partial charge in [-0.15, -0.1) is 0 Å². The summed E-state index contributed by atoms with van der Waals surface area (Å²) in [6, 6.07) is 9.66. The molecule has 6 heteroatoms. The molecule has 30 heavy (non-hydrogen) atoms. The summed E-state index contributed by atoms with van der Waals surface area (Å²) in [4.78, 5) is 22.8. The van der Waals surface area contributed by atoms with Gasteiger partial charge in [0.05, 0.1) is 6.61 Å². The summed E-state index contributed by atoms with van der Waals surface area (Å²) in [5, 5.41) is 12.0. The molecule has 2 N–H and O–H groups in total. The number of benzene rings is 1. The van der Waals surface area contributed by atoms with Crippen LogP contribution in [-0.2, 0) is 11.3 Å². The van der Waals surface area contributed by atoms with Crippen molar-refractivity contribution in [3.63, 3.8) is 0 Å². The molecule has 158 valence electrons. The van der Waals surface area contributed by atoms with Crippen LogP contribution in [0.15, 0.2) is 59.9 Å². The molecular weight excluding hydrogens is 376 g/mol. The van der Waals surface area contributed by atoms with Crippen LogP contribution in [0.1, 0.15) is 30.5 Å². The fraction of sp³-hybridized carbons (Fsp3) is 0.292. The van der Waals surface area contributed by atoms with Crippen molar-refractivity contribution in [2.45, 2.75) is 20.4 Å². The fourth-order valence-electron chi connectivity index (χ4n) is 3.03. The highest BCUT2D eigenvalue weighted by atomic mass is 16.3. The number of carbonyl (C=O) groups is 1. The molecular formula is C24H30N4O2. The standard InChI is InChI=1S/C24H30N4O2/c1-4-20(16-25-3)23-12-13-26-17-21(23)8-11-24(30)27-22-9-6-19(7-10-22)18-28(5-2)14-15-29/h4,6-13,16-17,29H,5,14-15,18H2,1-3H3,(H,27,30)/b11-8+,20-4+,25-16-. The minimum absolute atomic E-state index is 0.147. The van der Waals surface area contributed by atoms with E-state index in [-0.39, 0.29) is 12.5 Å². The molecule has 0 fully saturated rings. The number of carbonyl (C=O) groups excluding carboxylic acids is 1. The van der Waals surface area contributed by atoms with Gasteiger partial charge in [0.1, 0.15) is 0 Å². The Balaban J connectivity index is 2.04. The number of hydrogen-bond acceptors (Lipinski definition) is 5. The normalized spacial score (nSPS) is 12.2. The Morgan fingerprint density at radius 1 is 1.27 bits per heavy atom. The number of anilines is 1. The molecule has 1 heterocycles. The zero-order chi connectivity index (χ0) is 21.8. The second-order valence-corrected chi connectivity index (χ2v) is 6.71. The molecule has 1 aromatic carbocycles. The number of aliphatic hydroxyl groups excluding tert-OH is 1. The third kappa shape index (κ3) is 7.06. The molecule has 2 aromatic rings. The molecule has 1 amide bonds. The maximum Gasteiger partial charge on any atom is 0.248 e. The number of nitrogens with zero attached hydrogens (tertiary/aromatic N) is 3. The number of allylic oxidation sites excluding steroid dienone is 2.